The van der Waals surface area contributed by atoms with Gasteiger partial charge in [0.05, 0.1) is 0 Å². The number of aryl methyl sites for hydroxylation is 1. The molecule has 2 aromatic rings. The zero-order valence-electron chi connectivity index (χ0n) is 9.02. The van der Waals surface area contributed by atoms with Gasteiger partial charge in [0.2, 0.25) is 0 Å². The van der Waals surface area contributed by atoms with E-state index in [-0.39, 0.29) is 0 Å². The molecule has 2 nitrogen and oxygen atoms in total. The lowest BCUT2D eigenvalue weighted by Gasteiger charge is -2.00. The van der Waals surface area contributed by atoms with Gasteiger partial charge in [-0.15, -0.1) is 0 Å². The van der Waals surface area contributed by atoms with Crippen LogP contribution >= 0.6 is 15.9 Å². The Balaban J connectivity index is 2.62. The predicted octanol–water partition coefficient (Wildman–Crippen LogP) is 3.21. The summed E-state index contributed by atoms with van der Waals surface area (Å²) in [6.07, 6.45) is 1.07. The van der Waals surface area contributed by atoms with Crippen LogP contribution in [0, 0.1) is 0 Å². The Kier molecular flexibility index (Phi) is 3.12. The molecule has 0 saturated heterocycles. The molecule has 1 heterocycles. The number of fused-ring (bicyclic) bond motifs is 1. The molecule has 0 fully saturated rings. The van der Waals surface area contributed by atoms with Crippen molar-refractivity contribution in [3.63, 3.8) is 0 Å². The Morgan fingerprint density at radius 3 is 2.87 bits per heavy atom. The van der Waals surface area contributed by atoms with Gasteiger partial charge in [-0.05, 0) is 31.2 Å². The number of nitrogens with one attached hydrogen (secondary N) is 2. The zero-order chi connectivity index (χ0) is 10.8. The molecule has 0 amide bonds. The van der Waals surface area contributed by atoms with Crippen LogP contribution in [-0.2, 0) is 13.0 Å². The molecule has 1 aromatic heterocycles. The average Bonchev–Trinajstić information content (AvgIpc) is 2.54. The molecule has 0 atom stereocenters. The summed E-state index contributed by atoms with van der Waals surface area (Å²) in [6.45, 7) is 3.10. The van der Waals surface area contributed by atoms with Gasteiger partial charge in [0.1, 0.15) is 0 Å². The maximum absolute atomic E-state index is 3.49. The fraction of sp³-hybridized carbons (Fsp3) is 0.333. The highest BCUT2D eigenvalue weighted by atomic mass is 79.9. The SMILES string of the molecule is CCc1c(CNC)[nH]c2cc(Br)ccc12. The van der Waals surface area contributed by atoms with E-state index in [1.807, 2.05) is 7.05 Å². The molecule has 1 aromatic carbocycles. The lowest BCUT2D eigenvalue weighted by molar-refractivity contribution is 0.788. The Labute approximate surface area is 98.2 Å². The lowest BCUT2D eigenvalue weighted by Crippen LogP contribution is -2.07. The third-order valence-electron chi connectivity index (χ3n) is 2.66. The number of aromatic nitrogens is 1. The van der Waals surface area contributed by atoms with Crippen LogP contribution in [0.15, 0.2) is 22.7 Å². The lowest BCUT2D eigenvalue weighted by atomic mass is 10.1. The van der Waals surface area contributed by atoms with Gasteiger partial charge < -0.3 is 10.3 Å². The summed E-state index contributed by atoms with van der Waals surface area (Å²) in [4.78, 5) is 3.46. The second kappa shape index (κ2) is 4.37. The number of halogens is 1. The van der Waals surface area contributed by atoms with E-state index in [0.717, 1.165) is 17.4 Å². The van der Waals surface area contributed by atoms with Crippen LogP contribution in [-0.4, -0.2) is 12.0 Å². The van der Waals surface area contributed by atoms with Crippen LogP contribution in [0.4, 0.5) is 0 Å². The van der Waals surface area contributed by atoms with Gasteiger partial charge in [-0.3, -0.25) is 0 Å². The van der Waals surface area contributed by atoms with Crippen molar-refractivity contribution in [1.82, 2.24) is 10.3 Å². The van der Waals surface area contributed by atoms with E-state index < -0.39 is 0 Å². The van der Waals surface area contributed by atoms with Crippen LogP contribution in [0.25, 0.3) is 10.9 Å². The van der Waals surface area contributed by atoms with Crippen molar-refractivity contribution in [2.75, 3.05) is 7.05 Å². The molecular weight excluding hydrogens is 252 g/mol. The monoisotopic (exact) mass is 266 g/mol. The molecule has 0 unspecified atom stereocenters. The fourth-order valence-electron chi connectivity index (χ4n) is 2.02. The number of benzene rings is 1. The molecule has 0 radical (unpaired) electrons. The summed E-state index contributed by atoms with van der Waals surface area (Å²) >= 11 is 3.49. The van der Waals surface area contributed by atoms with Crippen molar-refractivity contribution in [3.8, 4) is 0 Å². The van der Waals surface area contributed by atoms with Crippen molar-refractivity contribution < 1.29 is 0 Å². The average molecular weight is 267 g/mol. The Morgan fingerprint density at radius 1 is 1.40 bits per heavy atom. The van der Waals surface area contributed by atoms with Gasteiger partial charge >= 0.3 is 0 Å². The highest BCUT2D eigenvalue weighted by molar-refractivity contribution is 9.10. The van der Waals surface area contributed by atoms with Crippen LogP contribution in [0.3, 0.4) is 0 Å². The van der Waals surface area contributed by atoms with Crippen LogP contribution in [0.1, 0.15) is 18.2 Å². The molecule has 2 N–H and O–H groups in total. The van der Waals surface area contributed by atoms with Crippen LogP contribution < -0.4 is 5.32 Å². The van der Waals surface area contributed by atoms with E-state index in [9.17, 15) is 0 Å². The minimum absolute atomic E-state index is 0.898. The zero-order valence-corrected chi connectivity index (χ0v) is 10.6. The maximum Gasteiger partial charge on any atom is 0.0470 e. The Bertz CT molecular complexity index is 474. The summed E-state index contributed by atoms with van der Waals surface area (Å²) < 4.78 is 1.12. The van der Waals surface area contributed by atoms with Gasteiger partial charge in [-0.1, -0.05) is 28.9 Å². The van der Waals surface area contributed by atoms with E-state index in [2.05, 4.69) is 51.4 Å². The molecule has 0 bridgehead atoms. The number of hydrogen-bond acceptors (Lipinski definition) is 1. The minimum atomic E-state index is 0.898. The summed E-state index contributed by atoms with van der Waals surface area (Å²) in [5, 5.41) is 4.53. The standard InChI is InChI=1S/C12H15BrN2/c1-3-9-10-5-4-8(13)6-11(10)15-12(9)7-14-2/h4-6,14-15H,3,7H2,1-2H3. The molecule has 80 valence electrons. The summed E-state index contributed by atoms with van der Waals surface area (Å²) in [5.41, 5.74) is 3.94. The number of hydrogen-bond donors (Lipinski definition) is 2. The summed E-state index contributed by atoms with van der Waals surface area (Å²) in [6, 6.07) is 6.40. The quantitative estimate of drug-likeness (QED) is 0.878. The smallest absolute Gasteiger partial charge is 0.0470 e. The van der Waals surface area contributed by atoms with E-state index in [0.29, 0.717) is 0 Å². The first-order valence-electron chi connectivity index (χ1n) is 5.19. The van der Waals surface area contributed by atoms with E-state index in [1.165, 1.54) is 22.2 Å². The number of rotatable bonds is 3. The minimum Gasteiger partial charge on any atom is -0.357 e. The Hall–Kier alpha value is -0.800. The first kappa shape index (κ1) is 10.7. The first-order chi connectivity index (χ1) is 7.26. The number of aromatic amines is 1. The summed E-state index contributed by atoms with van der Waals surface area (Å²) in [7, 11) is 1.97. The second-order valence-electron chi connectivity index (χ2n) is 3.66. The first-order valence-corrected chi connectivity index (χ1v) is 5.99. The van der Waals surface area contributed by atoms with E-state index in [1.54, 1.807) is 0 Å². The molecule has 0 saturated carbocycles. The maximum atomic E-state index is 3.49. The molecular formula is C12H15BrN2. The van der Waals surface area contributed by atoms with E-state index in [4.69, 9.17) is 0 Å². The highest BCUT2D eigenvalue weighted by Crippen LogP contribution is 2.25. The number of H-pyrrole nitrogens is 1. The van der Waals surface area contributed by atoms with Crippen LogP contribution in [0.5, 0.6) is 0 Å². The molecule has 15 heavy (non-hydrogen) atoms. The van der Waals surface area contributed by atoms with E-state index >= 15 is 0 Å². The predicted molar refractivity (Wildman–Crippen MR) is 68.1 cm³/mol. The summed E-state index contributed by atoms with van der Waals surface area (Å²) in [5.74, 6) is 0. The van der Waals surface area contributed by atoms with Gasteiger partial charge in [0.15, 0.2) is 0 Å². The fourth-order valence-corrected chi connectivity index (χ4v) is 2.38. The largest absolute Gasteiger partial charge is 0.357 e. The normalized spacial score (nSPS) is 11.1. The van der Waals surface area contributed by atoms with Gasteiger partial charge in [-0.2, -0.15) is 0 Å². The molecule has 0 aliphatic carbocycles. The second-order valence-corrected chi connectivity index (χ2v) is 4.57. The Morgan fingerprint density at radius 2 is 2.20 bits per heavy atom. The molecule has 0 aliphatic heterocycles. The topological polar surface area (TPSA) is 27.8 Å². The third kappa shape index (κ3) is 1.94. The molecule has 0 aliphatic rings. The van der Waals surface area contributed by atoms with Gasteiger partial charge in [0, 0.05) is 27.6 Å². The van der Waals surface area contributed by atoms with Crippen molar-refractivity contribution in [2.24, 2.45) is 0 Å². The van der Waals surface area contributed by atoms with Crippen molar-refractivity contribution in [3.05, 3.63) is 33.9 Å². The highest BCUT2D eigenvalue weighted by Gasteiger charge is 2.08. The van der Waals surface area contributed by atoms with Crippen molar-refractivity contribution in [1.29, 1.82) is 0 Å². The van der Waals surface area contributed by atoms with Crippen LogP contribution in [0.2, 0.25) is 0 Å². The molecule has 0 spiro atoms. The van der Waals surface area contributed by atoms with Crippen molar-refractivity contribution in [2.45, 2.75) is 19.9 Å². The van der Waals surface area contributed by atoms with Gasteiger partial charge in [0.25, 0.3) is 0 Å². The molecule has 2 rings (SSSR count). The van der Waals surface area contributed by atoms with Gasteiger partial charge in [-0.25, -0.2) is 0 Å². The van der Waals surface area contributed by atoms with Crippen molar-refractivity contribution >= 4 is 26.8 Å². The molecule has 3 heteroatoms. The third-order valence-corrected chi connectivity index (χ3v) is 3.16.